The van der Waals surface area contributed by atoms with E-state index in [1.807, 2.05) is 0 Å². The molecule has 1 heterocycles. The highest BCUT2D eigenvalue weighted by molar-refractivity contribution is 6.62. The highest BCUT2D eigenvalue weighted by atomic mass is 28.4. The first-order valence-electron chi connectivity index (χ1n) is 6.83. The lowest BCUT2D eigenvalue weighted by atomic mass is 10.0. The summed E-state index contributed by atoms with van der Waals surface area (Å²) in [5.41, 5.74) is 1.81. The Morgan fingerprint density at radius 1 is 1.11 bits per heavy atom. The molecule has 1 saturated heterocycles. The van der Waals surface area contributed by atoms with E-state index in [1.165, 1.54) is 11.3 Å². The Labute approximate surface area is 115 Å². The minimum atomic E-state index is -2.51. The minimum Gasteiger partial charge on any atom is -0.495 e. The second-order valence-electron chi connectivity index (χ2n) is 5.49. The van der Waals surface area contributed by atoms with Crippen molar-refractivity contribution in [2.45, 2.75) is 30.9 Å². The van der Waals surface area contributed by atoms with E-state index in [0.717, 1.165) is 25.9 Å². The third kappa shape index (κ3) is 2.36. The van der Waals surface area contributed by atoms with Crippen molar-refractivity contribution in [1.29, 1.82) is 0 Å². The van der Waals surface area contributed by atoms with Gasteiger partial charge in [-0.15, -0.1) is 0 Å². The standard InChI is InChI=1S/C13H22O5Si/c1-14-19(15-2,16-3)13-6-9-4-10(13)5-12(9)18-8-11-7-17-11/h10-11,13H,4-8H2,1-3H3. The number of fused-ring (bicyclic) bond motifs is 2. The third-order valence-electron chi connectivity index (χ3n) is 4.54. The van der Waals surface area contributed by atoms with Crippen LogP contribution < -0.4 is 0 Å². The molecule has 3 aliphatic rings. The van der Waals surface area contributed by atoms with Crippen molar-refractivity contribution in [2.24, 2.45) is 5.92 Å². The van der Waals surface area contributed by atoms with Crippen LogP contribution in [-0.4, -0.2) is 49.5 Å². The Bertz CT molecular complexity index is 367. The molecule has 1 saturated carbocycles. The molecule has 108 valence electrons. The predicted molar refractivity (Wildman–Crippen MR) is 70.6 cm³/mol. The van der Waals surface area contributed by atoms with Gasteiger partial charge in [0, 0.05) is 33.3 Å². The van der Waals surface area contributed by atoms with E-state index in [9.17, 15) is 0 Å². The average molecular weight is 286 g/mol. The molecule has 0 spiro atoms. The van der Waals surface area contributed by atoms with E-state index in [4.69, 9.17) is 22.8 Å². The molecule has 1 aliphatic heterocycles. The fourth-order valence-electron chi connectivity index (χ4n) is 3.44. The van der Waals surface area contributed by atoms with Gasteiger partial charge in [-0.05, 0) is 24.3 Å². The van der Waals surface area contributed by atoms with Gasteiger partial charge in [-0.2, -0.15) is 0 Å². The van der Waals surface area contributed by atoms with Gasteiger partial charge in [-0.1, -0.05) is 0 Å². The number of epoxide rings is 1. The maximum absolute atomic E-state index is 5.87. The van der Waals surface area contributed by atoms with Crippen LogP contribution in [0, 0.1) is 5.92 Å². The monoisotopic (exact) mass is 286 g/mol. The van der Waals surface area contributed by atoms with E-state index < -0.39 is 8.80 Å². The van der Waals surface area contributed by atoms with Crippen molar-refractivity contribution in [3.05, 3.63) is 11.3 Å². The van der Waals surface area contributed by atoms with Crippen LogP contribution in [0.15, 0.2) is 11.3 Å². The predicted octanol–water partition coefficient (Wildman–Crippen LogP) is 1.72. The molecule has 19 heavy (non-hydrogen) atoms. The Morgan fingerprint density at radius 3 is 2.26 bits per heavy atom. The van der Waals surface area contributed by atoms with E-state index in [1.54, 1.807) is 21.3 Å². The van der Waals surface area contributed by atoms with Crippen molar-refractivity contribution in [1.82, 2.24) is 0 Å². The molecule has 5 nitrogen and oxygen atoms in total. The first-order valence-corrected chi connectivity index (χ1v) is 8.63. The molecule has 3 rings (SSSR count). The van der Waals surface area contributed by atoms with Crippen molar-refractivity contribution in [3.63, 3.8) is 0 Å². The van der Waals surface area contributed by atoms with Crippen LogP contribution in [0.4, 0.5) is 0 Å². The second kappa shape index (κ2) is 5.18. The topological polar surface area (TPSA) is 49.5 Å². The highest BCUT2D eigenvalue weighted by Crippen LogP contribution is 2.55. The van der Waals surface area contributed by atoms with Gasteiger partial charge in [0.1, 0.15) is 12.7 Å². The van der Waals surface area contributed by atoms with Gasteiger partial charge >= 0.3 is 8.80 Å². The summed E-state index contributed by atoms with van der Waals surface area (Å²) in [7, 11) is 2.57. The Morgan fingerprint density at radius 2 is 1.79 bits per heavy atom. The van der Waals surface area contributed by atoms with Crippen molar-refractivity contribution >= 4 is 8.80 Å². The van der Waals surface area contributed by atoms with Crippen LogP contribution in [-0.2, 0) is 22.8 Å². The molecule has 0 aromatic heterocycles. The number of rotatable bonds is 7. The summed E-state index contributed by atoms with van der Waals surface area (Å²) in [4.78, 5) is 0. The van der Waals surface area contributed by atoms with Gasteiger partial charge in [-0.25, -0.2) is 0 Å². The molecule has 0 N–H and O–H groups in total. The minimum absolute atomic E-state index is 0.327. The van der Waals surface area contributed by atoms with Crippen molar-refractivity contribution in [3.8, 4) is 0 Å². The number of hydrogen-bond acceptors (Lipinski definition) is 5. The lowest BCUT2D eigenvalue weighted by Crippen LogP contribution is -2.49. The van der Waals surface area contributed by atoms with Crippen LogP contribution in [0.3, 0.4) is 0 Å². The molecule has 3 atom stereocenters. The Balaban J connectivity index is 1.66. The molecule has 2 aliphatic carbocycles. The highest BCUT2D eigenvalue weighted by Gasteiger charge is 2.56. The first-order chi connectivity index (χ1) is 9.22. The molecule has 0 radical (unpaired) electrons. The van der Waals surface area contributed by atoms with E-state index in [0.29, 0.717) is 24.2 Å². The average Bonchev–Trinajstić information content (AvgIpc) is 3.07. The second-order valence-corrected chi connectivity index (χ2v) is 8.66. The molecule has 0 aromatic rings. The normalized spacial score (nSPS) is 33.1. The van der Waals surface area contributed by atoms with E-state index >= 15 is 0 Å². The third-order valence-corrected chi connectivity index (χ3v) is 7.83. The van der Waals surface area contributed by atoms with Crippen LogP contribution in [0.5, 0.6) is 0 Å². The zero-order valence-corrected chi connectivity index (χ0v) is 12.8. The van der Waals surface area contributed by atoms with E-state index in [-0.39, 0.29) is 0 Å². The molecular weight excluding hydrogens is 264 g/mol. The molecular formula is C13H22O5Si. The quantitative estimate of drug-likeness (QED) is 0.527. The van der Waals surface area contributed by atoms with Gasteiger partial charge in [0.2, 0.25) is 0 Å². The number of hydrogen-bond donors (Lipinski definition) is 0. The summed E-state index contributed by atoms with van der Waals surface area (Å²) >= 11 is 0. The molecule has 0 amide bonds. The first kappa shape index (κ1) is 13.6. The zero-order chi connectivity index (χ0) is 13.5. The zero-order valence-electron chi connectivity index (χ0n) is 11.8. The maximum atomic E-state index is 5.87. The summed E-state index contributed by atoms with van der Waals surface area (Å²) in [5.74, 6) is 1.74. The molecule has 0 aromatic carbocycles. The van der Waals surface area contributed by atoms with Gasteiger partial charge in [0.05, 0.1) is 12.4 Å². The fraction of sp³-hybridized carbons (Fsp3) is 0.846. The summed E-state index contributed by atoms with van der Waals surface area (Å²) < 4.78 is 27.9. The van der Waals surface area contributed by atoms with E-state index in [2.05, 4.69) is 0 Å². The van der Waals surface area contributed by atoms with Crippen molar-refractivity contribution in [2.75, 3.05) is 34.5 Å². The van der Waals surface area contributed by atoms with Crippen LogP contribution in [0.25, 0.3) is 0 Å². The molecule has 3 unspecified atom stereocenters. The Hall–Kier alpha value is -0.403. The molecule has 6 heteroatoms. The van der Waals surface area contributed by atoms with Gasteiger partial charge < -0.3 is 22.8 Å². The van der Waals surface area contributed by atoms with Crippen LogP contribution in [0.2, 0.25) is 5.54 Å². The lowest BCUT2D eigenvalue weighted by Gasteiger charge is -2.34. The van der Waals surface area contributed by atoms with Gasteiger partial charge in [-0.3, -0.25) is 0 Å². The van der Waals surface area contributed by atoms with Crippen LogP contribution in [0.1, 0.15) is 19.3 Å². The Kier molecular flexibility index (Phi) is 3.70. The summed E-state index contributed by atoms with van der Waals surface area (Å²) in [5, 5.41) is 0. The SMILES string of the molecule is CO[Si](OC)(OC)C1CC2=C(OCC3CO3)CC1C2. The fourth-order valence-corrected chi connectivity index (χ4v) is 6.15. The molecule has 2 bridgehead atoms. The van der Waals surface area contributed by atoms with Crippen LogP contribution >= 0.6 is 0 Å². The van der Waals surface area contributed by atoms with Crippen molar-refractivity contribution < 1.29 is 22.8 Å². The smallest absolute Gasteiger partial charge is 0.495 e. The number of allylic oxidation sites excluding steroid dienone is 2. The van der Waals surface area contributed by atoms with Gasteiger partial charge in [0.15, 0.2) is 0 Å². The largest absolute Gasteiger partial charge is 0.504 e. The van der Waals surface area contributed by atoms with Gasteiger partial charge in [0.25, 0.3) is 0 Å². The number of ether oxygens (including phenoxy) is 2. The summed E-state index contributed by atoms with van der Waals surface area (Å²) in [6.45, 7) is 1.55. The molecule has 2 fully saturated rings. The maximum Gasteiger partial charge on any atom is 0.504 e. The lowest BCUT2D eigenvalue weighted by molar-refractivity contribution is 0.100. The summed E-state index contributed by atoms with van der Waals surface area (Å²) in [6.07, 6.45) is 3.43. The summed E-state index contributed by atoms with van der Waals surface area (Å²) in [6, 6.07) is 0.